The van der Waals surface area contributed by atoms with Gasteiger partial charge in [-0.15, -0.1) is 0 Å². The lowest BCUT2D eigenvalue weighted by atomic mass is 10.1. The van der Waals surface area contributed by atoms with Gasteiger partial charge < -0.3 is 10.1 Å². The van der Waals surface area contributed by atoms with Gasteiger partial charge in [0.2, 0.25) is 0 Å². The maximum absolute atomic E-state index is 11.5. The van der Waals surface area contributed by atoms with Gasteiger partial charge in [0.05, 0.1) is 16.5 Å². The predicted octanol–water partition coefficient (Wildman–Crippen LogP) is 0.930. The lowest BCUT2D eigenvalue weighted by Crippen LogP contribution is -2.12. The van der Waals surface area contributed by atoms with Crippen LogP contribution in [0.25, 0.3) is 10.9 Å². The lowest BCUT2D eigenvalue weighted by Gasteiger charge is -2.01. The molecule has 15 heavy (non-hydrogen) atoms. The van der Waals surface area contributed by atoms with Crippen LogP contribution in [0.4, 0.5) is 0 Å². The topological polar surface area (TPSA) is 83.0 Å². The van der Waals surface area contributed by atoms with Gasteiger partial charge in [-0.2, -0.15) is 0 Å². The maximum atomic E-state index is 11.5. The number of aryl methyl sites for hydroxylation is 1. The molecule has 2 N–H and O–H groups in total. The molecule has 0 bridgehead atoms. The van der Waals surface area contributed by atoms with Gasteiger partial charge in [0.1, 0.15) is 5.82 Å². The molecule has 0 aliphatic rings. The minimum absolute atomic E-state index is 0.0432. The van der Waals surface area contributed by atoms with E-state index in [2.05, 4.69) is 9.97 Å². The molecule has 1 aromatic heterocycles. The molecule has 0 spiro atoms. The van der Waals surface area contributed by atoms with Gasteiger partial charge in [0.25, 0.3) is 5.56 Å². The number of fused-ring (bicyclic) bond motifs is 1. The molecule has 1 heterocycles. The van der Waals surface area contributed by atoms with Gasteiger partial charge in [-0.25, -0.2) is 9.78 Å². The largest absolute Gasteiger partial charge is 0.478 e. The van der Waals surface area contributed by atoms with Crippen LogP contribution in [0.15, 0.2) is 23.0 Å². The molecule has 0 fully saturated rings. The number of aromatic carboxylic acids is 1. The van der Waals surface area contributed by atoms with Crippen LogP contribution in [0.5, 0.6) is 0 Å². The number of aromatic amines is 1. The monoisotopic (exact) mass is 204 g/mol. The van der Waals surface area contributed by atoms with Gasteiger partial charge in [-0.05, 0) is 19.1 Å². The van der Waals surface area contributed by atoms with E-state index in [1.54, 1.807) is 13.0 Å². The minimum atomic E-state index is -1.09. The summed E-state index contributed by atoms with van der Waals surface area (Å²) in [7, 11) is 0. The third-order valence-corrected chi connectivity index (χ3v) is 2.08. The zero-order valence-electron chi connectivity index (χ0n) is 7.94. The molecular weight excluding hydrogens is 196 g/mol. The molecule has 0 aliphatic heterocycles. The number of hydrogen-bond acceptors (Lipinski definition) is 3. The number of benzene rings is 1. The Hall–Kier alpha value is -2.17. The molecule has 5 nitrogen and oxygen atoms in total. The zero-order chi connectivity index (χ0) is 11.0. The van der Waals surface area contributed by atoms with Gasteiger partial charge in [-0.3, -0.25) is 4.79 Å². The Morgan fingerprint density at radius 3 is 2.87 bits per heavy atom. The van der Waals surface area contributed by atoms with Crippen molar-refractivity contribution in [1.82, 2.24) is 9.97 Å². The fraction of sp³-hybridized carbons (Fsp3) is 0.100. The Balaban J connectivity index is 2.97. The van der Waals surface area contributed by atoms with Crippen molar-refractivity contribution in [1.29, 1.82) is 0 Å². The summed E-state index contributed by atoms with van der Waals surface area (Å²) >= 11 is 0. The SMILES string of the molecule is Cc1nc2c(C(=O)O)cccc2c(=O)[nH]1. The number of nitrogens with zero attached hydrogens (tertiary/aromatic N) is 1. The predicted molar refractivity (Wildman–Crippen MR) is 54.1 cm³/mol. The van der Waals surface area contributed by atoms with E-state index in [1.165, 1.54) is 12.1 Å². The Bertz CT molecular complexity index is 601. The maximum Gasteiger partial charge on any atom is 0.337 e. The molecule has 0 saturated carbocycles. The molecule has 1 aromatic carbocycles. The molecular formula is C10H8N2O3. The van der Waals surface area contributed by atoms with Crippen LogP contribution in [0.2, 0.25) is 0 Å². The smallest absolute Gasteiger partial charge is 0.337 e. The van der Waals surface area contributed by atoms with E-state index in [4.69, 9.17) is 5.11 Å². The normalized spacial score (nSPS) is 10.5. The van der Waals surface area contributed by atoms with E-state index in [0.29, 0.717) is 11.2 Å². The number of carbonyl (C=O) groups is 1. The minimum Gasteiger partial charge on any atom is -0.478 e. The summed E-state index contributed by atoms with van der Waals surface area (Å²) < 4.78 is 0. The Morgan fingerprint density at radius 2 is 2.20 bits per heavy atom. The van der Waals surface area contributed by atoms with Crippen molar-refractivity contribution >= 4 is 16.9 Å². The van der Waals surface area contributed by atoms with E-state index in [0.717, 1.165) is 0 Å². The van der Waals surface area contributed by atoms with Crippen molar-refractivity contribution in [2.75, 3.05) is 0 Å². The zero-order valence-corrected chi connectivity index (χ0v) is 7.94. The highest BCUT2D eigenvalue weighted by Gasteiger charge is 2.11. The number of carboxylic acid groups (broad SMARTS) is 1. The number of aromatic nitrogens is 2. The first-order valence-electron chi connectivity index (χ1n) is 4.32. The number of hydrogen-bond donors (Lipinski definition) is 2. The molecule has 0 amide bonds. The molecule has 0 radical (unpaired) electrons. The number of rotatable bonds is 1. The van der Waals surface area contributed by atoms with Crippen molar-refractivity contribution in [2.24, 2.45) is 0 Å². The Labute approximate surface area is 84.4 Å². The number of H-pyrrole nitrogens is 1. The van der Waals surface area contributed by atoms with E-state index in [9.17, 15) is 9.59 Å². The third-order valence-electron chi connectivity index (χ3n) is 2.08. The first-order valence-corrected chi connectivity index (χ1v) is 4.32. The summed E-state index contributed by atoms with van der Waals surface area (Å²) in [5, 5.41) is 9.20. The highest BCUT2D eigenvalue weighted by molar-refractivity contribution is 6.01. The fourth-order valence-corrected chi connectivity index (χ4v) is 1.45. The van der Waals surface area contributed by atoms with Crippen LogP contribution < -0.4 is 5.56 Å². The summed E-state index contributed by atoms with van der Waals surface area (Å²) in [5.41, 5.74) is -0.0476. The first-order chi connectivity index (χ1) is 7.09. The van der Waals surface area contributed by atoms with E-state index >= 15 is 0 Å². The van der Waals surface area contributed by atoms with Gasteiger partial charge >= 0.3 is 5.97 Å². The first kappa shape index (κ1) is 9.39. The average Bonchev–Trinajstić information content (AvgIpc) is 2.16. The lowest BCUT2D eigenvalue weighted by molar-refractivity contribution is 0.0699. The van der Waals surface area contributed by atoms with Crippen molar-refractivity contribution < 1.29 is 9.90 Å². The second-order valence-electron chi connectivity index (χ2n) is 3.16. The van der Waals surface area contributed by atoms with Crippen LogP contribution in [-0.4, -0.2) is 21.0 Å². The molecule has 5 heteroatoms. The highest BCUT2D eigenvalue weighted by Crippen LogP contribution is 2.12. The molecule has 76 valence electrons. The summed E-state index contributed by atoms with van der Waals surface area (Å²) in [4.78, 5) is 28.9. The quantitative estimate of drug-likeness (QED) is 0.723. The second kappa shape index (κ2) is 3.20. The summed E-state index contributed by atoms with van der Waals surface area (Å²) in [6.07, 6.45) is 0. The van der Waals surface area contributed by atoms with Gasteiger partial charge in [-0.1, -0.05) is 6.07 Å². The average molecular weight is 204 g/mol. The number of para-hydroxylation sites is 1. The van der Waals surface area contributed by atoms with Crippen LogP contribution in [0.1, 0.15) is 16.2 Å². The van der Waals surface area contributed by atoms with Crippen molar-refractivity contribution in [3.05, 3.63) is 39.9 Å². The van der Waals surface area contributed by atoms with E-state index < -0.39 is 5.97 Å². The fourth-order valence-electron chi connectivity index (χ4n) is 1.45. The molecule has 0 unspecified atom stereocenters. The van der Waals surface area contributed by atoms with Gasteiger partial charge in [0, 0.05) is 0 Å². The second-order valence-corrected chi connectivity index (χ2v) is 3.16. The molecule has 2 aromatic rings. The van der Waals surface area contributed by atoms with Gasteiger partial charge in [0.15, 0.2) is 0 Å². The van der Waals surface area contributed by atoms with E-state index in [1.807, 2.05) is 0 Å². The molecule has 0 atom stereocenters. The summed E-state index contributed by atoms with van der Waals surface area (Å²) in [6.45, 7) is 1.61. The van der Waals surface area contributed by atoms with Crippen LogP contribution in [0, 0.1) is 6.92 Å². The summed E-state index contributed by atoms with van der Waals surface area (Å²) in [5.74, 6) is -0.681. The standard InChI is InChI=1S/C10H8N2O3/c1-5-11-8-6(9(13)12-5)3-2-4-7(8)10(14)15/h2-4H,1H3,(H,14,15)(H,11,12,13). The summed E-state index contributed by atoms with van der Waals surface area (Å²) in [6, 6.07) is 4.50. The number of carboxylic acids is 1. The molecule has 2 rings (SSSR count). The highest BCUT2D eigenvalue weighted by atomic mass is 16.4. The number of nitrogens with one attached hydrogen (secondary N) is 1. The Kier molecular flexibility index (Phi) is 2.00. The third kappa shape index (κ3) is 1.48. The van der Waals surface area contributed by atoms with Crippen molar-refractivity contribution in [3.63, 3.8) is 0 Å². The molecule has 0 aliphatic carbocycles. The Morgan fingerprint density at radius 1 is 1.47 bits per heavy atom. The van der Waals surface area contributed by atoms with Crippen LogP contribution in [-0.2, 0) is 0 Å². The van der Waals surface area contributed by atoms with Crippen LogP contribution in [0.3, 0.4) is 0 Å². The van der Waals surface area contributed by atoms with E-state index in [-0.39, 0.29) is 16.6 Å². The van der Waals surface area contributed by atoms with Crippen molar-refractivity contribution in [2.45, 2.75) is 6.92 Å². The van der Waals surface area contributed by atoms with Crippen LogP contribution >= 0.6 is 0 Å². The van der Waals surface area contributed by atoms with Crippen molar-refractivity contribution in [3.8, 4) is 0 Å². The molecule has 0 saturated heterocycles.